The summed E-state index contributed by atoms with van der Waals surface area (Å²) in [6.45, 7) is 0.226. The van der Waals surface area contributed by atoms with Crippen molar-refractivity contribution in [3.8, 4) is 0 Å². The second-order valence-electron chi connectivity index (χ2n) is 3.97. The molecule has 0 aliphatic rings. The zero-order valence-electron chi connectivity index (χ0n) is 11.0. The number of para-hydroxylation sites is 2. The second-order valence-corrected chi connectivity index (χ2v) is 3.97. The summed E-state index contributed by atoms with van der Waals surface area (Å²) in [5.74, 6) is -0.335. The summed E-state index contributed by atoms with van der Waals surface area (Å²) < 4.78 is 9.89. The van der Waals surface area contributed by atoms with Gasteiger partial charge in [0.15, 0.2) is 5.58 Å². The average molecular weight is 274 g/mol. The highest BCUT2D eigenvalue weighted by Gasteiger charge is 2.03. The van der Waals surface area contributed by atoms with Crippen LogP contribution >= 0.6 is 0 Å². The smallest absolute Gasteiger partial charge is 0.307 e. The van der Waals surface area contributed by atoms with Crippen LogP contribution in [0.2, 0.25) is 0 Å². The van der Waals surface area contributed by atoms with Crippen molar-refractivity contribution in [3.63, 3.8) is 0 Å². The van der Waals surface area contributed by atoms with Gasteiger partial charge < -0.3 is 14.5 Å². The monoisotopic (exact) mass is 274 g/mol. The number of ether oxygens (including phenoxy) is 1. The highest BCUT2D eigenvalue weighted by atomic mass is 16.5. The van der Waals surface area contributed by atoms with Crippen LogP contribution in [0.4, 0.5) is 0 Å². The van der Waals surface area contributed by atoms with Gasteiger partial charge in [-0.25, -0.2) is 4.98 Å². The molecule has 0 spiro atoms. The molecule has 0 saturated heterocycles. The SMILES string of the molecule is COC(=O)CCNC(=O)/C=C/c1nc2ccccc2o1. The molecule has 0 bridgehead atoms. The second kappa shape index (κ2) is 6.51. The lowest BCUT2D eigenvalue weighted by Crippen LogP contribution is -2.24. The van der Waals surface area contributed by atoms with Crippen molar-refractivity contribution in [2.24, 2.45) is 0 Å². The van der Waals surface area contributed by atoms with Crippen molar-refractivity contribution in [3.05, 3.63) is 36.2 Å². The van der Waals surface area contributed by atoms with Gasteiger partial charge in [0.25, 0.3) is 0 Å². The molecule has 0 aliphatic carbocycles. The topological polar surface area (TPSA) is 81.4 Å². The summed E-state index contributed by atoms with van der Waals surface area (Å²) in [6, 6.07) is 7.33. The summed E-state index contributed by atoms with van der Waals surface area (Å²) in [5, 5.41) is 2.56. The molecule has 0 radical (unpaired) electrons. The number of amides is 1. The number of carbonyl (C=O) groups excluding carboxylic acids is 2. The quantitative estimate of drug-likeness (QED) is 0.660. The van der Waals surface area contributed by atoms with Crippen molar-refractivity contribution in [1.29, 1.82) is 0 Å². The molecule has 2 aromatic rings. The molecule has 2 rings (SSSR count). The largest absolute Gasteiger partial charge is 0.469 e. The number of benzene rings is 1. The summed E-state index contributed by atoms with van der Waals surface area (Å²) in [4.78, 5) is 26.5. The third-order valence-electron chi connectivity index (χ3n) is 2.54. The molecular weight excluding hydrogens is 260 g/mol. The van der Waals surface area contributed by atoms with E-state index in [9.17, 15) is 9.59 Å². The van der Waals surface area contributed by atoms with E-state index in [1.807, 2.05) is 18.2 Å². The van der Waals surface area contributed by atoms with Gasteiger partial charge in [0.05, 0.1) is 13.5 Å². The van der Waals surface area contributed by atoms with E-state index in [0.717, 1.165) is 5.52 Å². The van der Waals surface area contributed by atoms with E-state index in [1.54, 1.807) is 6.07 Å². The molecule has 0 atom stereocenters. The van der Waals surface area contributed by atoms with Crippen molar-refractivity contribution in [1.82, 2.24) is 10.3 Å². The highest BCUT2D eigenvalue weighted by molar-refractivity contribution is 5.91. The standard InChI is InChI=1S/C14H14N2O4/c1-19-14(18)8-9-15-12(17)6-7-13-16-10-4-2-3-5-11(10)20-13/h2-7H,8-9H2,1H3,(H,15,17)/b7-6+. The van der Waals surface area contributed by atoms with E-state index in [1.165, 1.54) is 19.3 Å². The van der Waals surface area contributed by atoms with Gasteiger partial charge in [-0.05, 0) is 12.1 Å². The molecular formula is C14H14N2O4. The third-order valence-corrected chi connectivity index (χ3v) is 2.54. The van der Waals surface area contributed by atoms with E-state index in [2.05, 4.69) is 15.0 Å². The zero-order valence-corrected chi connectivity index (χ0v) is 11.0. The van der Waals surface area contributed by atoms with Gasteiger partial charge in [-0.15, -0.1) is 0 Å². The van der Waals surface area contributed by atoms with Crippen LogP contribution in [0.15, 0.2) is 34.8 Å². The predicted molar refractivity (Wildman–Crippen MR) is 72.7 cm³/mol. The fourth-order valence-electron chi connectivity index (χ4n) is 1.56. The molecule has 1 aromatic carbocycles. The number of esters is 1. The van der Waals surface area contributed by atoms with Crippen molar-refractivity contribution in [2.45, 2.75) is 6.42 Å². The summed E-state index contributed by atoms with van der Waals surface area (Å²) in [5.41, 5.74) is 1.40. The van der Waals surface area contributed by atoms with Gasteiger partial charge in [-0.3, -0.25) is 9.59 Å². The summed E-state index contributed by atoms with van der Waals surface area (Å²) in [7, 11) is 1.30. The molecule has 1 heterocycles. The molecule has 1 N–H and O–H groups in total. The van der Waals surface area contributed by atoms with Crippen LogP contribution < -0.4 is 5.32 Å². The number of carbonyl (C=O) groups is 2. The molecule has 6 nitrogen and oxygen atoms in total. The van der Waals surface area contributed by atoms with E-state index >= 15 is 0 Å². The first kappa shape index (κ1) is 13.8. The van der Waals surface area contributed by atoms with Crippen LogP contribution in [0.5, 0.6) is 0 Å². The Morgan fingerprint density at radius 3 is 2.95 bits per heavy atom. The zero-order chi connectivity index (χ0) is 14.4. The molecule has 0 saturated carbocycles. The Hall–Kier alpha value is -2.63. The molecule has 1 aromatic heterocycles. The maximum Gasteiger partial charge on any atom is 0.307 e. The number of hydrogen-bond acceptors (Lipinski definition) is 5. The third kappa shape index (κ3) is 3.68. The van der Waals surface area contributed by atoms with Gasteiger partial charge in [-0.2, -0.15) is 0 Å². The number of aromatic nitrogens is 1. The lowest BCUT2D eigenvalue weighted by atomic mass is 10.3. The number of rotatable bonds is 5. The Labute approximate surface area is 115 Å². The molecule has 0 unspecified atom stereocenters. The minimum atomic E-state index is -0.367. The first-order valence-corrected chi connectivity index (χ1v) is 6.07. The van der Waals surface area contributed by atoms with Crippen LogP contribution in [0, 0.1) is 0 Å². The maximum atomic E-state index is 11.5. The number of nitrogens with one attached hydrogen (secondary N) is 1. The Kier molecular flexibility index (Phi) is 4.49. The molecule has 0 aliphatic heterocycles. The summed E-state index contributed by atoms with van der Waals surface area (Å²) in [6.07, 6.45) is 2.93. The number of oxazole rings is 1. The molecule has 6 heteroatoms. The minimum absolute atomic E-state index is 0.138. The average Bonchev–Trinajstić information content (AvgIpc) is 2.87. The number of methoxy groups -OCH3 is 1. The fourth-order valence-corrected chi connectivity index (χ4v) is 1.56. The van der Waals surface area contributed by atoms with E-state index in [0.29, 0.717) is 11.5 Å². The minimum Gasteiger partial charge on any atom is -0.469 e. The van der Waals surface area contributed by atoms with E-state index in [4.69, 9.17) is 4.42 Å². The van der Waals surface area contributed by atoms with Crippen LogP contribution in [-0.2, 0) is 14.3 Å². The van der Waals surface area contributed by atoms with Crippen LogP contribution in [0.1, 0.15) is 12.3 Å². The van der Waals surface area contributed by atoms with Crippen LogP contribution in [-0.4, -0.2) is 30.5 Å². The van der Waals surface area contributed by atoms with Crippen molar-refractivity contribution in [2.75, 3.05) is 13.7 Å². The molecule has 0 fully saturated rings. The molecule has 1 amide bonds. The number of nitrogens with zero attached hydrogens (tertiary/aromatic N) is 1. The predicted octanol–water partition coefficient (Wildman–Crippen LogP) is 1.52. The van der Waals surface area contributed by atoms with Crippen LogP contribution in [0.3, 0.4) is 0 Å². The lowest BCUT2D eigenvalue weighted by molar-refractivity contribution is -0.140. The first-order chi connectivity index (χ1) is 9.69. The van der Waals surface area contributed by atoms with Crippen LogP contribution in [0.25, 0.3) is 17.2 Å². The Morgan fingerprint density at radius 2 is 2.20 bits per heavy atom. The fraction of sp³-hybridized carbons (Fsp3) is 0.214. The Bertz CT molecular complexity index is 612. The van der Waals surface area contributed by atoms with Gasteiger partial charge in [0.1, 0.15) is 5.52 Å². The maximum absolute atomic E-state index is 11.5. The summed E-state index contributed by atoms with van der Waals surface area (Å²) >= 11 is 0. The molecule has 20 heavy (non-hydrogen) atoms. The first-order valence-electron chi connectivity index (χ1n) is 6.07. The number of hydrogen-bond donors (Lipinski definition) is 1. The number of fused-ring (bicyclic) bond motifs is 1. The Balaban J connectivity index is 1.88. The lowest BCUT2D eigenvalue weighted by Gasteiger charge is -1.99. The molecule has 104 valence electrons. The highest BCUT2D eigenvalue weighted by Crippen LogP contribution is 2.15. The van der Waals surface area contributed by atoms with E-state index in [-0.39, 0.29) is 24.8 Å². The van der Waals surface area contributed by atoms with Gasteiger partial charge in [0, 0.05) is 18.7 Å². The van der Waals surface area contributed by atoms with Gasteiger partial charge in [0.2, 0.25) is 11.8 Å². The van der Waals surface area contributed by atoms with Crippen molar-refractivity contribution < 1.29 is 18.7 Å². The van der Waals surface area contributed by atoms with E-state index < -0.39 is 0 Å². The van der Waals surface area contributed by atoms with Gasteiger partial charge >= 0.3 is 5.97 Å². The normalized spacial score (nSPS) is 10.8. The van der Waals surface area contributed by atoms with Gasteiger partial charge in [-0.1, -0.05) is 12.1 Å². The Morgan fingerprint density at radius 1 is 1.40 bits per heavy atom. The van der Waals surface area contributed by atoms with Crippen molar-refractivity contribution >= 4 is 29.1 Å².